The van der Waals surface area contributed by atoms with Gasteiger partial charge >= 0.3 is 0 Å². The number of rotatable bonds is 5. The van der Waals surface area contributed by atoms with Crippen molar-refractivity contribution in [2.75, 3.05) is 53.0 Å². The molecule has 1 atom stereocenters. The van der Waals surface area contributed by atoms with Gasteiger partial charge in [0.1, 0.15) is 11.9 Å². The van der Waals surface area contributed by atoms with Crippen LogP contribution >= 0.6 is 0 Å². The standard InChI is InChI=1S/C24H28FN3O3/c1-26-10-11-28(23(29)17-27-12-14-31-15-13-27)22(24(26)30)16-19-4-2-3-5-21(19)18-6-8-20(25)9-7-18/h2-9,22H,10-17H2,1H3/t22-/m0/s1. The van der Waals surface area contributed by atoms with Crippen molar-refractivity contribution in [3.8, 4) is 11.1 Å². The molecule has 2 aromatic carbocycles. The summed E-state index contributed by atoms with van der Waals surface area (Å²) in [6, 6.07) is 13.6. The number of piperazine rings is 1. The molecule has 0 unspecified atom stereocenters. The summed E-state index contributed by atoms with van der Waals surface area (Å²) in [7, 11) is 1.78. The van der Waals surface area contributed by atoms with Crippen LogP contribution in [-0.2, 0) is 20.7 Å². The summed E-state index contributed by atoms with van der Waals surface area (Å²) in [6.45, 7) is 4.07. The molecule has 2 aromatic rings. The highest BCUT2D eigenvalue weighted by molar-refractivity contribution is 5.90. The first kappa shape index (κ1) is 21.5. The second kappa shape index (κ2) is 9.58. The van der Waals surface area contributed by atoms with Gasteiger partial charge in [-0.1, -0.05) is 36.4 Å². The van der Waals surface area contributed by atoms with E-state index in [0.29, 0.717) is 39.3 Å². The summed E-state index contributed by atoms with van der Waals surface area (Å²) < 4.78 is 18.8. The van der Waals surface area contributed by atoms with Crippen LogP contribution in [0.2, 0.25) is 0 Å². The Balaban J connectivity index is 1.57. The van der Waals surface area contributed by atoms with Crippen LogP contribution in [0.4, 0.5) is 4.39 Å². The molecule has 31 heavy (non-hydrogen) atoms. The number of carbonyl (C=O) groups is 2. The van der Waals surface area contributed by atoms with E-state index in [2.05, 4.69) is 4.90 Å². The van der Waals surface area contributed by atoms with Gasteiger partial charge in [-0.15, -0.1) is 0 Å². The van der Waals surface area contributed by atoms with E-state index in [-0.39, 0.29) is 17.6 Å². The van der Waals surface area contributed by atoms with Gasteiger partial charge in [0.25, 0.3) is 0 Å². The lowest BCUT2D eigenvalue weighted by Crippen LogP contribution is -2.60. The minimum absolute atomic E-state index is 0.0207. The quantitative estimate of drug-likeness (QED) is 0.736. The van der Waals surface area contributed by atoms with Crippen molar-refractivity contribution in [2.45, 2.75) is 12.5 Å². The van der Waals surface area contributed by atoms with Crippen LogP contribution in [0.25, 0.3) is 11.1 Å². The Morgan fingerprint density at radius 1 is 1.03 bits per heavy atom. The minimum Gasteiger partial charge on any atom is -0.379 e. The zero-order valence-corrected chi connectivity index (χ0v) is 17.8. The molecule has 2 saturated heterocycles. The van der Waals surface area contributed by atoms with E-state index < -0.39 is 6.04 Å². The average Bonchev–Trinajstić information content (AvgIpc) is 2.78. The molecule has 0 radical (unpaired) electrons. The normalized spacial score (nSPS) is 20.2. The summed E-state index contributed by atoms with van der Waals surface area (Å²) in [4.78, 5) is 31.7. The summed E-state index contributed by atoms with van der Waals surface area (Å²) in [5.74, 6) is -0.353. The zero-order chi connectivity index (χ0) is 21.8. The van der Waals surface area contributed by atoms with Crippen molar-refractivity contribution in [2.24, 2.45) is 0 Å². The molecular formula is C24H28FN3O3. The third-order valence-corrected chi connectivity index (χ3v) is 6.08. The molecule has 0 N–H and O–H groups in total. The fraction of sp³-hybridized carbons (Fsp3) is 0.417. The highest BCUT2D eigenvalue weighted by Gasteiger charge is 2.36. The van der Waals surface area contributed by atoms with E-state index in [1.807, 2.05) is 24.3 Å². The molecule has 0 bridgehead atoms. The van der Waals surface area contributed by atoms with Gasteiger partial charge in [0.15, 0.2) is 0 Å². The Morgan fingerprint density at radius 3 is 2.48 bits per heavy atom. The highest BCUT2D eigenvalue weighted by Crippen LogP contribution is 2.27. The SMILES string of the molecule is CN1CCN(C(=O)CN2CCOCC2)[C@@H](Cc2ccccc2-c2ccc(F)cc2)C1=O. The molecule has 2 aliphatic rings. The van der Waals surface area contributed by atoms with Crippen LogP contribution < -0.4 is 0 Å². The van der Waals surface area contributed by atoms with Crippen LogP contribution in [0.1, 0.15) is 5.56 Å². The first-order valence-corrected chi connectivity index (χ1v) is 10.7. The molecule has 0 aromatic heterocycles. The van der Waals surface area contributed by atoms with Gasteiger partial charge in [-0.2, -0.15) is 0 Å². The van der Waals surface area contributed by atoms with Gasteiger partial charge in [0.05, 0.1) is 19.8 Å². The first-order chi connectivity index (χ1) is 15.0. The number of benzene rings is 2. The third-order valence-electron chi connectivity index (χ3n) is 6.08. The maximum absolute atomic E-state index is 13.4. The highest BCUT2D eigenvalue weighted by atomic mass is 19.1. The summed E-state index contributed by atoms with van der Waals surface area (Å²) in [5.41, 5.74) is 2.80. The number of halogens is 1. The van der Waals surface area contributed by atoms with Crippen molar-refractivity contribution >= 4 is 11.8 Å². The van der Waals surface area contributed by atoms with E-state index >= 15 is 0 Å². The van der Waals surface area contributed by atoms with Crippen LogP contribution in [0.15, 0.2) is 48.5 Å². The molecule has 2 fully saturated rings. The summed E-state index contributed by atoms with van der Waals surface area (Å²) >= 11 is 0. The van der Waals surface area contributed by atoms with Gasteiger partial charge in [0.2, 0.25) is 11.8 Å². The molecule has 2 aliphatic heterocycles. The fourth-order valence-electron chi connectivity index (χ4n) is 4.27. The molecule has 2 amide bonds. The van der Waals surface area contributed by atoms with E-state index in [0.717, 1.165) is 29.8 Å². The smallest absolute Gasteiger partial charge is 0.245 e. The Labute approximate surface area is 182 Å². The second-order valence-corrected chi connectivity index (χ2v) is 8.12. The zero-order valence-electron chi connectivity index (χ0n) is 17.8. The number of likely N-dealkylation sites (N-methyl/N-ethyl adjacent to an activating group) is 1. The Hall–Kier alpha value is -2.77. The number of nitrogens with zero attached hydrogens (tertiary/aromatic N) is 3. The van der Waals surface area contributed by atoms with E-state index in [1.54, 1.807) is 29.0 Å². The lowest BCUT2D eigenvalue weighted by Gasteiger charge is -2.40. The van der Waals surface area contributed by atoms with E-state index in [1.165, 1.54) is 12.1 Å². The molecule has 0 aliphatic carbocycles. The van der Waals surface area contributed by atoms with Crippen LogP contribution in [0, 0.1) is 5.82 Å². The number of morpholine rings is 1. The second-order valence-electron chi connectivity index (χ2n) is 8.12. The van der Waals surface area contributed by atoms with Gasteiger partial charge < -0.3 is 14.5 Å². The predicted molar refractivity (Wildman–Crippen MR) is 116 cm³/mol. The van der Waals surface area contributed by atoms with Crippen LogP contribution in [0.3, 0.4) is 0 Å². The molecule has 0 saturated carbocycles. The number of ether oxygens (including phenoxy) is 1. The van der Waals surface area contributed by atoms with Crippen LogP contribution in [0.5, 0.6) is 0 Å². The summed E-state index contributed by atoms with van der Waals surface area (Å²) in [6.07, 6.45) is 0.422. The third kappa shape index (κ3) is 4.94. The number of carbonyl (C=O) groups excluding carboxylic acids is 2. The topological polar surface area (TPSA) is 53.1 Å². The van der Waals surface area contributed by atoms with E-state index in [9.17, 15) is 14.0 Å². The van der Waals surface area contributed by atoms with E-state index in [4.69, 9.17) is 4.74 Å². The number of amides is 2. The van der Waals surface area contributed by atoms with Gasteiger partial charge in [-0.25, -0.2) is 4.39 Å². The maximum Gasteiger partial charge on any atom is 0.245 e. The molecule has 6 nitrogen and oxygen atoms in total. The molecule has 0 spiro atoms. The maximum atomic E-state index is 13.4. The molecule has 7 heteroatoms. The molecule has 4 rings (SSSR count). The lowest BCUT2D eigenvalue weighted by atomic mass is 9.93. The Bertz CT molecular complexity index is 928. The van der Waals surface area contributed by atoms with Crippen molar-refractivity contribution in [3.63, 3.8) is 0 Å². The predicted octanol–water partition coefficient (Wildman–Crippen LogP) is 2.04. The Morgan fingerprint density at radius 2 is 1.74 bits per heavy atom. The largest absolute Gasteiger partial charge is 0.379 e. The van der Waals surface area contributed by atoms with Crippen molar-refractivity contribution in [1.82, 2.24) is 14.7 Å². The Kier molecular flexibility index (Phi) is 6.63. The molecule has 2 heterocycles. The first-order valence-electron chi connectivity index (χ1n) is 10.7. The van der Waals surface area contributed by atoms with Crippen molar-refractivity contribution < 1.29 is 18.7 Å². The summed E-state index contributed by atoms with van der Waals surface area (Å²) in [5, 5.41) is 0. The molecular weight excluding hydrogens is 397 g/mol. The van der Waals surface area contributed by atoms with Crippen molar-refractivity contribution in [1.29, 1.82) is 0 Å². The fourth-order valence-corrected chi connectivity index (χ4v) is 4.27. The monoisotopic (exact) mass is 425 g/mol. The van der Waals surface area contributed by atoms with Gasteiger partial charge in [0, 0.05) is 39.6 Å². The molecule has 164 valence electrons. The number of hydrogen-bond acceptors (Lipinski definition) is 4. The average molecular weight is 426 g/mol. The van der Waals surface area contributed by atoms with Gasteiger partial charge in [-0.3, -0.25) is 14.5 Å². The lowest BCUT2D eigenvalue weighted by molar-refractivity contribution is -0.151. The van der Waals surface area contributed by atoms with Gasteiger partial charge in [-0.05, 0) is 28.8 Å². The minimum atomic E-state index is -0.547. The number of hydrogen-bond donors (Lipinski definition) is 0. The van der Waals surface area contributed by atoms with Crippen LogP contribution in [-0.4, -0.2) is 85.5 Å². The van der Waals surface area contributed by atoms with Crippen molar-refractivity contribution in [3.05, 3.63) is 59.9 Å².